The van der Waals surface area contributed by atoms with Crippen molar-refractivity contribution in [1.29, 1.82) is 0 Å². The standard InChI is InChI=1S/C8H7F3OS/c1-6-3-2-4-7(5-6)13(12)8(9,10)11/h2-5H,1H3/t13-/m1/s1. The number of hydrogen-bond acceptors (Lipinski definition) is 1. The lowest BCUT2D eigenvalue weighted by Crippen LogP contribution is -2.16. The Balaban J connectivity index is 3.03. The predicted octanol–water partition coefficient (Wildman–Crippen LogP) is 2.62. The van der Waals surface area contributed by atoms with E-state index in [4.69, 9.17) is 0 Å². The minimum Gasteiger partial charge on any atom is -0.245 e. The van der Waals surface area contributed by atoms with Gasteiger partial charge in [-0.15, -0.1) is 0 Å². The first-order valence-corrected chi connectivity index (χ1v) is 4.61. The molecule has 13 heavy (non-hydrogen) atoms. The maximum atomic E-state index is 12.0. The lowest BCUT2D eigenvalue weighted by atomic mass is 10.2. The first-order chi connectivity index (χ1) is 5.91. The Bertz CT molecular complexity index is 332. The molecular formula is C8H7F3OS. The van der Waals surface area contributed by atoms with Crippen LogP contribution in [0.5, 0.6) is 0 Å². The van der Waals surface area contributed by atoms with E-state index in [1.54, 1.807) is 13.0 Å². The van der Waals surface area contributed by atoms with Crippen LogP contribution in [0.1, 0.15) is 5.56 Å². The number of alkyl halides is 3. The van der Waals surface area contributed by atoms with Crippen molar-refractivity contribution >= 4 is 10.8 Å². The Hall–Kier alpha value is -0.840. The second-order valence-electron chi connectivity index (χ2n) is 2.53. The van der Waals surface area contributed by atoms with E-state index in [1.807, 2.05) is 0 Å². The molecule has 0 aliphatic rings. The highest BCUT2D eigenvalue weighted by Gasteiger charge is 2.37. The first kappa shape index (κ1) is 10.2. The summed E-state index contributed by atoms with van der Waals surface area (Å²) in [6.45, 7) is 1.65. The Labute approximate surface area is 76.0 Å². The van der Waals surface area contributed by atoms with Crippen LogP contribution in [0, 0.1) is 6.92 Å². The normalized spacial score (nSPS) is 14.2. The molecular weight excluding hydrogens is 201 g/mol. The minimum atomic E-state index is -4.67. The highest BCUT2D eigenvalue weighted by molar-refractivity contribution is 7.86. The molecule has 1 aromatic rings. The highest BCUT2D eigenvalue weighted by Crippen LogP contribution is 2.26. The zero-order valence-electron chi connectivity index (χ0n) is 6.76. The summed E-state index contributed by atoms with van der Waals surface area (Å²) in [5, 5.41) is 0. The first-order valence-electron chi connectivity index (χ1n) is 3.46. The molecule has 0 aliphatic heterocycles. The second kappa shape index (κ2) is 3.49. The van der Waals surface area contributed by atoms with Gasteiger partial charge in [0, 0.05) is 4.90 Å². The maximum Gasteiger partial charge on any atom is 0.475 e. The van der Waals surface area contributed by atoms with Gasteiger partial charge in [-0.3, -0.25) is 0 Å². The minimum absolute atomic E-state index is 0.201. The molecule has 1 aromatic carbocycles. The van der Waals surface area contributed by atoms with Crippen molar-refractivity contribution in [2.24, 2.45) is 0 Å². The predicted molar refractivity (Wildman–Crippen MR) is 43.6 cm³/mol. The molecule has 0 N–H and O–H groups in total. The summed E-state index contributed by atoms with van der Waals surface area (Å²) in [6, 6.07) is 5.57. The zero-order chi connectivity index (χ0) is 10.1. The van der Waals surface area contributed by atoms with E-state index in [0.29, 0.717) is 5.56 Å². The molecule has 1 nitrogen and oxygen atoms in total. The molecule has 0 amide bonds. The van der Waals surface area contributed by atoms with Gasteiger partial charge in [-0.2, -0.15) is 13.2 Å². The fourth-order valence-electron chi connectivity index (χ4n) is 0.864. The molecule has 0 heterocycles. The van der Waals surface area contributed by atoms with Crippen molar-refractivity contribution in [3.05, 3.63) is 29.8 Å². The number of halogens is 3. The fraction of sp³-hybridized carbons (Fsp3) is 0.250. The van der Waals surface area contributed by atoms with Gasteiger partial charge >= 0.3 is 5.51 Å². The van der Waals surface area contributed by atoms with Gasteiger partial charge in [0.15, 0.2) is 10.8 Å². The molecule has 0 radical (unpaired) electrons. The van der Waals surface area contributed by atoms with Gasteiger partial charge in [0.1, 0.15) is 0 Å². The molecule has 0 saturated carbocycles. The Morgan fingerprint density at radius 1 is 1.31 bits per heavy atom. The van der Waals surface area contributed by atoms with Crippen molar-refractivity contribution < 1.29 is 17.4 Å². The Morgan fingerprint density at radius 2 is 1.92 bits per heavy atom. The molecule has 0 spiro atoms. The van der Waals surface area contributed by atoms with E-state index in [1.165, 1.54) is 18.2 Å². The van der Waals surface area contributed by atoms with E-state index in [-0.39, 0.29) is 4.90 Å². The van der Waals surface area contributed by atoms with E-state index >= 15 is 0 Å². The average molecular weight is 208 g/mol. The summed E-state index contributed by atoms with van der Waals surface area (Å²) in [5.74, 6) is 0. The van der Waals surface area contributed by atoms with Gasteiger partial charge in [-0.05, 0) is 24.6 Å². The number of rotatable bonds is 1. The summed E-state index contributed by atoms with van der Waals surface area (Å²) < 4.78 is 46.7. The number of benzene rings is 1. The third kappa shape index (κ3) is 2.55. The van der Waals surface area contributed by atoms with Crippen LogP contribution in [0.15, 0.2) is 29.2 Å². The summed E-state index contributed by atoms with van der Waals surface area (Å²) in [4.78, 5) is -0.201. The average Bonchev–Trinajstić information content (AvgIpc) is 2.01. The van der Waals surface area contributed by atoms with Gasteiger partial charge < -0.3 is 0 Å². The maximum absolute atomic E-state index is 12.0. The largest absolute Gasteiger partial charge is 0.475 e. The van der Waals surface area contributed by atoms with Gasteiger partial charge in [-0.1, -0.05) is 12.1 Å². The lowest BCUT2D eigenvalue weighted by molar-refractivity contribution is -0.0384. The summed E-state index contributed by atoms with van der Waals surface area (Å²) >= 11 is 0. The van der Waals surface area contributed by atoms with Crippen LogP contribution in [0.4, 0.5) is 13.2 Å². The van der Waals surface area contributed by atoms with Crippen LogP contribution in [-0.2, 0) is 10.8 Å². The van der Waals surface area contributed by atoms with Crippen LogP contribution in [0.3, 0.4) is 0 Å². The van der Waals surface area contributed by atoms with E-state index < -0.39 is 16.3 Å². The van der Waals surface area contributed by atoms with Crippen LogP contribution >= 0.6 is 0 Å². The molecule has 0 unspecified atom stereocenters. The quantitative estimate of drug-likeness (QED) is 0.693. The SMILES string of the molecule is Cc1cccc([S@@](=O)C(F)(F)F)c1. The topological polar surface area (TPSA) is 17.1 Å². The fourth-order valence-corrected chi connectivity index (χ4v) is 1.63. The van der Waals surface area contributed by atoms with Crippen LogP contribution < -0.4 is 0 Å². The summed E-state index contributed by atoms with van der Waals surface area (Å²) in [7, 11) is -2.91. The summed E-state index contributed by atoms with van der Waals surface area (Å²) in [6.07, 6.45) is 0. The molecule has 1 atom stereocenters. The Kier molecular flexibility index (Phi) is 2.75. The van der Waals surface area contributed by atoms with E-state index in [0.717, 1.165) is 0 Å². The van der Waals surface area contributed by atoms with E-state index in [9.17, 15) is 17.4 Å². The third-order valence-electron chi connectivity index (χ3n) is 1.41. The van der Waals surface area contributed by atoms with Gasteiger partial charge in [0.25, 0.3) is 0 Å². The van der Waals surface area contributed by atoms with E-state index in [2.05, 4.69) is 0 Å². The molecule has 0 aromatic heterocycles. The van der Waals surface area contributed by atoms with Gasteiger partial charge in [0.2, 0.25) is 0 Å². The summed E-state index contributed by atoms with van der Waals surface area (Å²) in [5.41, 5.74) is -4.01. The number of aryl methyl sites for hydroxylation is 1. The molecule has 1 rings (SSSR count). The smallest absolute Gasteiger partial charge is 0.245 e. The zero-order valence-corrected chi connectivity index (χ0v) is 7.58. The third-order valence-corrected chi connectivity index (χ3v) is 2.52. The highest BCUT2D eigenvalue weighted by atomic mass is 32.2. The Morgan fingerprint density at radius 3 is 2.38 bits per heavy atom. The van der Waals surface area contributed by atoms with Crippen molar-refractivity contribution in [3.8, 4) is 0 Å². The van der Waals surface area contributed by atoms with Gasteiger partial charge in [0.05, 0.1) is 0 Å². The van der Waals surface area contributed by atoms with Crippen LogP contribution in [-0.4, -0.2) is 9.72 Å². The molecule has 0 bridgehead atoms. The van der Waals surface area contributed by atoms with Crippen molar-refractivity contribution in [3.63, 3.8) is 0 Å². The molecule has 72 valence electrons. The monoisotopic (exact) mass is 208 g/mol. The molecule has 0 aliphatic carbocycles. The molecule has 0 fully saturated rings. The van der Waals surface area contributed by atoms with Crippen LogP contribution in [0.2, 0.25) is 0 Å². The van der Waals surface area contributed by atoms with Crippen LogP contribution in [0.25, 0.3) is 0 Å². The second-order valence-corrected chi connectivity index (χ2v) is 4.00. The van der Waals surface area contributed by atoms with Crippen molar-refractivity contribution in [2.75, 3.05) is 0 Å². The molecule has 0 saturated heterocycles. The number of hydrogen-bond donors (Lipinski definition) is 0. The lowest BCUT2D eigenvalue weighted by Gasteiger charge is -2.05. The molecule has 5 heteroatoms. The van der Waals surface area contributed by atoms with Crippen molar-refractivity contribution in [1.82, 2.24) is 0 Å². The van der Waals surface area contributed by atoms with Crippen molar-refractivity contribution in [2.45, 2.75) is 17.3 Å². The van der Waals surface area contributed by atoms with Gasteiger partial charge in [-0.25, -0.2) is 4.21 Å².